The maximum atomic E-state index is 9.32. The fourth-order valence-corrected chi connectivity index (χ4v) is 2.61. The normalized spacial score (nSPS) is 28.0. The van der Waals surface area contributed by atoms with Crippen LogP contribution in [-0.2, 0) is 0 Å². The van der Waals surface area contributed by atoms with Crippen LogP contribution in [0.15, 0.2) is 5.16 Å². The zero-order valence-electron chi connectivity index (χ0n) is 10.6. The zero-order valence-corrected chi connectivity index (χ0v) is 10.6. The number of nitrogens with zero attached hydrogens (tertiary/aromatic N) is 1. The number of nitrogens with two attached hydrogens (primary N) is 1. The molecule has 0 spiro atoms. The number of oxime groups is 1. The molecule has 100 valence electrons. The Morgan fingerprint density at radius 1 is 1.41 bits per heavy atom. The average molecular weight is 243 g/mol. The van der Waals surface area contributed by atoms with Gasteiger partial charge < -0.3 is 21.4 Å². The quantitative estimate of drug-likeness (QED) is 0.241. The molecule has 5 nitrogen and oxygen atoms in total. The van der Waals surface area contributed by atoms with Crippen LogP contribution < -0.4 is 11.1 Å². The smallest absolute Gasteiger partial charge is 0.156 e. The Morgan fingerprint density at radius 3 is 2.59 bits per heavy atom. The molecule has 5 N–H and O–H groups in total. The van der Waals surface area contributed by atoms with Crippen molar-refractivity contribution in [3.63, 3.8) is 0 Å². The molecule has 5 heteroatoms. The predicted octanol–water partition coefficient (Wildman–Crippen LogP) is 0.900. The SMILES string of the molecule is CCC(NCC1CCCCC1CO)C(N)=NO. The minimum Gasteiger partial charge on any atom is -0.409 e. The van der Waals surface area contributed by atoms with E-state index in [4.69, 9.17) is 10.9 Å². The zero-order chi connectivity index (χ0) is 12.7. The van der Waals surface area contributed by atoms with Crippen molar-refractivity contribution in [2.24, 2.45) is 22.7 Å². The fraction of sp³-hybridized carbons (Fsp3) is 0.917. The van der Waals surface area contributed by atoms with Gasteiger partial charge in [0.15, 0.2) is 5.84 Å². The molecule has 1 fully saturated rings. The molecule has 3 atom stereocenters. The van der Waals surface area contributed by atoms with Crippen molar-refractivity contribution < 1.29 is 10.3 Å². The first kappa shape index (κ1) is 14.3. The number of hydrogen-bond donors (Lipinski definition) is 4. The van der Waals surface area contributed by atoms with E-state index >= 15 is 0 Å². The highest BCUT2D eigenvalue weighted by Gasteiger charge is 2.25. The van der Waals surface area contributed by atoms with Gasteiger partial charge >= 0.3 is 0 Å². The predicted molar refractivity (Wildman–Crippen MR) is 68.0 cm³/mol. The molecule has 0 bridgehead atoms. The molecule has 0 aromatic carbocycles. The van der Waals surface area contributed by atoms with Crippen LogP contribution >= 0.6 is 0 Å². The van der Waals surface area contributed by atoms with Gasteiger partial charge in [0, 0.05) is 6.61 Å². The molecular formula is C12H25N3O2. The van der Waals surface area contributed by atoms with Crippen molar-refractivity contribution in [1.82, 2.24) is 5.32 Å². The summed E-state index contributed by atoms with van der Waals surface area (Å²) in [6.07, 6.45) is 5.53. The van der Waals surface area contributed by atoms with Gasteiger partial charge in [-0.15, -0.1) is 0 Å². The topological polar surface area (TPSA) is 90.9 Å². The number of nitrogens with one attached hydrogen (secondary N) is 1. The Kier molecular flexibility index (Phi) is 6.29. The second-order valence-corrected chi connectivity index (χ2v) is 4.88. The lowest BCUT2D eigenvalue weighted by Crippen LogP contribution is -2.44. The third-order valence-electron chi connectivity index (χ3n) is 3.81. The summed E-state index contributed by atoms with van der Waals surface area (Å²) in [5, 5.41) is 24.3. The highest BCUT2D eigenvalue weighted by molar-refractivity contribution is 5.85. The number of rotatable bonds is 6. The molecule has 1 aliphatic rings. The van der Waals surface area contributed by atoms with E-state index < -0.39 is 0 Å². The lowest BCUT2D eigenvalue weighted by Gasteiger charge is -2.31. The number of aliphatic hydroxyl groups is 1. The van der Waals surface area contributed by atoms with E-state index in [0.29, 0.717) is 11.8 Å². The molecular weight excluding hydrogens is 218 g/mol. The van der Waals surface area contributed by atoms with Crippen LogP contribution in [0.5, 0.6) is 0 Å². The summed E-state index contributed by atoms with van der Waals surface area (Å²) in [5.74, 6) is 1.15. The maximum Gasteiger partial charge on any atom is 0.156 e. The van der Waals surface area contributed by atoms with Gasteiger partial charge in [-0.1, -0.05) is 24.9 Å². The van der Waals surface area contributed by atoms with Gasteiger partial charge in [0.05, 0.1) is 6.04 Å². The Balaban J connectivity index is 2.41. The molecule has 1 rings (SSSR count). The van der Waals surface area contributed by atoms with E-state index in [1.807, 2.05) is 6.92 Å². The highest BCUT2D eigenvalue weighted by Crippen LogP contribution is 2.29. The standard InChI is InChI=1S/C12H25N3O2/c1-2-11(12(13)15-17)14-7-9-5-3-4-6-10(9)8-16/h9-11,14,16-17H,2-8H2,1H3,(H2,13,15). The van der Waals surface area contributed by atoms with Gasteiger partial charge in [0.25, 0.3) is 0 Å². The molecule has 0 heterocycles. The first-order valence-corrected chi connectivity index (χ1v) is 6.54. The van der Waals surface area contributed by atoms with Crippen LogP contribution in [0.3, 0.4) is 0 Å². The minimum atomic E-state index is -0.0683. The Bertz CT molecular complexity index is 246. The van der Waals surface area contributed by atoms with Crippen LogP contribution in [-0.4, -0.2) is 35.3 Å². The summed E-state index contributed by atoms with van der Waals surface area (Å²) >= 11 is 0. The van der Waals surface area contributed by atoms with Crippen molar-refractivity contribution in [2.45, 2.75) is 45.1 Å². The van der Waals surface area contributed by atoms with Crippen LogP contribution in [0.4, 0.5) is 0 Å². The average Bonchev–Trinajstić information content (AvgIpc) is 2.39. The van der Waals surface area contributed by atoms with Gasteiger partial charge in [0.2, 0.25) is 0 Å². The Morgan fingerprint density at radius 2 is 2.06 bits per heavy atom. The number of aliphatic hydroxyl groups excluding tert-OH is 1. The van der Waals surface area contributed by atoms with E-state index in [1.165, 1.54) is 12.8 Å². The van der Waals surface area contributed by atoms with Gasteiger partial charge in [0.1, 0.15) is 0 Å². The second-order valence-electron chi connectivity index (χ2n) is 4.88. The Hall–Kier alpha value is -0.810. The van der Waals surface area contributed by atoms with E-state index in [2.05, 4.69) is 10.5 Å². The molecule has 0 amide bonds. The van der Waals surface area contributed by atoms with E-state index in [9.17, 15) is 5.11 Å². The minimum absolute atomic E-state index is 0.0683. The van der Waals surface area contributed by atoms with Crippen molar-refractivity contribution in [2.75, 3.05) is 13.2 Å². The molecule has 3 unspecified atom stereocenters. The van der Waals surface area contributed by atoms with Crippen molar-refractivity contribution in [3.8, 4) is 0 Å². The molecule has 0 aromatic rings. The van der Waals surface area contributed by atoms with E-state index in [1.54, 1.807) is 0 Å². The Labute approximate surface area is 103 Å². The van der Waals surface area contributed by atoms with Gasteiger partial charge in [-0.25, -0.2) is 0 Å². The number of amidine groups is 1. The van der Waals surface area contributed by atoms with Crippen LogP contribution in [0.2, 0.25) is 0 Å². The largest absolute Gasteiger partial charge is 0.409 e. The summed E-state index contributed by atoms with van der Waals surface area (Å²) in [6.45, 7) is 3.10. The van der Waals surface area contributed by atoms with E-state index in [-0.39, 0.29) is 18.5 Å². The van der Waals surface area contributed by atoms with Crippen molar-refractivity contribution >= 4 is 5.84 Å². The van der Waals surface area contributed by atoms with Crippen LogP contribution in [0, 0.1) is 11.8 Å². The lowest BCUT2D eigenvalue weighted by atomic mass is 9.79. The van der Waals surface area contributed by atoms with Gasteiger partial charge in [-0.3, -0.25) is 0 Å². The fourth-order valence-electron chi connectivity index (χ4n) is 2.61. The maximum absolute atomic E-state index is 9.32. The summed E-state index contributed by atoms with van der Waals surface area (Å²) in [5.41, 5.74) is 5.60. The molecule has 0 aliphatic heterocycles. The summed E-state index contributed by atoms with van der Waals surface area (Å²) in [4.78, 5) is 0. The molecule has 1 aliphatic carbocycles. The van der Waals surface area contributed by atoms with Crippen molar-refractivity contribution in [3.05, 3.63) is 0 Å². The van der Waals surface area contributed by atoms with Crippen LogP contribution in [0.25, 0.3) is 0 Å². The summed E-state index contributed by atoms with van der Waals surface area (Å²) in [7, 11) is 0. The monoisotopic (exact) mass is 243 g/mol. The highest BCUT2D eigenvalue weighted by atomic mass is 16.4. The molecule has 1 saturated carbocycles. The lowest BCUT2D eigenvalue weighted by molar-refractivity contribution is 0.132. The first-order chi connectivity index (χ1) is 8.22. The van der Waals surface area contributed by atoms with Crippen LogP contribution in [0.1, 0.15) is 39.0 Å². The first-order valence-electron chi connectivity index (χ1n) is 6.54. The molecule has 0 aromatic heterocycles. The van der Waals surface area contributed by atoms with Crippen molar-refractivity contribution in [1.29, 1.82) is 0 Å². The second kappa shape index (κ2) is 7.50. The third-order valence-corrected chi connectivity index (χ3v) is 3.81. The third kappa shape index (κ3) is 4.16. The summed E-state index contributed by atoms with van der Waals surface area (Å²) < 4.78 is 0. The van der Waals surface area contributed by atoms with E-state index in [0.717, 1.165) is 25.8 Å². The molecule has 0 radical (unpaired) electrons. The molecule has 17 heavy (non-hydrogen) atoms. The summed E-state index contributed by atoms with van der Waals surface area (Å²) in [6, 6.07) is -0.0683. The van der Waals surface area contributed by atoms with Gasteiger partial charge in [-0.05, 0) is 37.6 Å². The molecule has 0 saturated heterocycles. The van der Waals surface area contributed by atoms with Gasteiger partial charge in [-0.2, -0.15) is 0 Å². The number of hydrogen-bond acceptors (Lipinski definition) is 4.